The van der Waals surface area contributed by atoms with Crippen molar-refractivity contribution in [3.05, 3.63) is 5.82 Å². The molecule has 0 spiro atoms. The predicted octanol–water partition coefficient (Wildman–Crippen LogP) is 1.13. The highest BCUT2D eigenvalue weighted by atomic mass is 32.2. The van der Waals surface area contributed by atoms with Gasteiger partial charge in [0.25, 0.3) is 0 Å². The van der Waals surface area contributed by atoms with Crippen molar-refractivity contribution in [1.82, 2.24) is 20.1 Å². The molecule has 0 aliphatic heterocycles. The van der Waals surface area contributed by atoms with E-state index in [1.807, 2.05) is 18.5 Å². The number of hydrogen-bond acceptors (Lipinski definition) is 4. The number of nitrogens with one attached hydrogen (secondary N) is 1. The van der Waals surface area contributed by atoms with Crippen LogP contribution in [0.1, 0.15) is 25.6 Å². The molecular weight excluding hydrogens is 236 g/mol. The second-order valence-electron chi connectivity index (χ2n) is 4.57. The minimum absolute atomic E-state index is 0.0788. The number of aryl methyl sites for hydroxylation is 1. The Morgan fingerprint density at radius 2 is 2.29 bits per heavy atom. The summed E-state index contributed by atoms with van der Waals surface area (Å²) >= 11 is 1.43. The molecule has 1 amide bonds. The van der Waals surface area contributed by atoms with Crippen molar-refractivity contribution in [3.8, 4) is 0 Å². The zero-order chi connectivity index (χ0) is 12.4. The van der Waals surface area contributed by atoms with Gasteiger partial charge < -0.3 is 9.88 Å². The Bertz CT molecular complexity index is 414. The summed E-state index contributed by atoms with van der Waals surface area (Å²) in [5.74, 6) is 2.04. The molecule has 2 rings (SSSR count). The molecule has 6 heteroatoms. The summed E-state index contributed by atoms with van der Waals surface area (Å²) < 4.78 is 1.89. The Kier molecular flexibility index (Phi) is 3.71. The van der Waals surface area contributed by atoms with E-state index < -0.39 is 0 Å². The lowest BCUT2D eigenvalue weighted by Gasteiger charge is -2.12. The molecule has 1 saturated carbocycles. The Morgan fingerprint density at radius 1 is 1.59 bits per heavy atom. The largest absolute Gasteiger partial charge is 0.353 e. The average molecular weight is 254 g/mol. The molecular formula is C11H18N4OS. The number of hydrogen-bond donors (Lipinski definition) is 1. The standard InChI is InChI=1S/C11H18N4OS/c1-7(9-4-5-9)12-10(16)6-17-11-14-13-8(2)15(11)3/h7,9H,4-6H2,1-3H3,(H,12,16)/t7-/m1/s1. The maximum atomic E-state index is 11.7. The second kappa shape index (κ2) is 5.08. The highest BCUT2D eigenvalue weighted by molar-refractivity contribution is 7.99. The highest BCUT2D eigenvalue weighted by Crippen LogP contribution is 2.32. The van der Waals surface area contributed by atoms with Gasteiger partial charge in [-0.05, 0) is 32.6 Å². The van der Waals surface area contributed by atoms with Gasteiger partial charge in [0, 0.05) is 13.1 Å². The smallest absolute Gasteiger partial charge is 0.230 e. The van der Waals surface area contributed by atoms with Crippen LogP contribution in [0.4, 0.5) is 0 Å². The molecule has 1 heterocycles. The molecule has 0 radical (unpaired) electrons. The van der Waals surface area contributed by atoms with Crippen LogP contribution >= 0.6 is 11.8 Å². The van der Waals surface area contributed by atoms with Crippen molar-refractivity contribution < 1.29 is 4.79 Å². The van der Waals surface area contributed by atoms with Gasteiger partial charge in [-0.15, -0.1) is 10.2 Å². The Morgan fingerprint density at radius 3 is 2.82 bits per heavy atom. The lowest BCUT2D eigenvalue weighted by Crippen LogP contribution is -2.35. The number of amides is 1. The van der Waals surface area contributed by atoms with Gasteiger partial charge in [-0.2, -0.15) is 0 Å². The summed E-state index contributed by atoms with van der Waals surface area (Å²) in [5, 5.41) is 11.8. The fourth-order valence-corrected chi connectivity index (χ4v) is 2.42. The van der Waals surface area contributed by atoms with E-state index >= 15 is 0 Å². The van der Waals surface area contributed by atoms with Gasteiger partial charge in [-0.1, -0.05) is 11.8 Å². The number of rotatable bonds is 5. The Hall–Kier alpha value is -1.04. The van der Waals surface area contributed by atoms with E-state index in [2.05, 4.69) is 22.4 Å². The third-order valence-corrected chi connectivity index (χ3v) is 4.12. The summed E-state index contributed by atoms with van der Waals surface area (Å²) in [5.41, 5.74) is 0. The first-order valence-corrected chi connectivity index (χ1v) is 6.84. The van der Waals surface area contributed by atoms with Crippen LogP contribution in [0.5, 0.6) is 0 Å². The summed E-state index contributed by atoms with van der Waals surface area (Å²) in [6.45, 7) is 3.97. The summed E-state index contributed by atoms with van der Waals surface area (Å²) in [6, 6.07) is 0.310. The van der Waals surface area contributed by atoms with E-state index in [4.69, 9.17) is 0 Å². The molecule has 5 nitrogen and oxygen atoms in total. The van der Waals surface area contributed by atoms with E-state index in [1.54, 1.807) is 0 Å². The molecule has 0 unspecified atom stereocenters. The monoisotopic (exact) mass is 254 g/mol. The molecule has 0 bridgehead atoms. The maximum absolute atomic E-state index is 11.7. The van der Waals surface area contributed by atoms with E-state index in [1.165, 1.54) is 24.6 Å². The molecule has 17 heavy (non-hydrogen) atoms. The van der Waals surface area contributed by atoms with E-state index in [9.17, 15) is 4.79 Å². The minimum Gasteiger partial charge on any atom is -0.353 e. The van der Waals surface area contributed by atoms with Crippen LogP contribution in [0, 0.1) is 12.8 Å². The fraction of sp³-hybridized carbons (Fsp3) is 0.727. The van der Waals surface area contributed by atoms with Gasteiger partial charge in [-0.3, -0.25) is 4.79 Å². The Balaban J connectivity index is 1.77. The highest BCUT2D eigenvalue weighted by Gasteiger charge is 2.28. The van der Waals surface area contributed by atoms with Crippen LogP contribution in [0.25, 0.3) is 0 Å². The van der Waals surface area contributed by atoms with Gasteiger partial charge >= 0.3 is 0 Å². The van der Waals surface area contributed by atoms with Crippen molar-refractivity contribution in [2.45, 2.75) is 37.9 Å². The minimum atomic E-state index is 0.0788. The number of carbonyl (C=O) groups excluding carboxylic acids is 1. The maximum Gasteiger partial charge on any atom is 0.230 e. The zero-order valence-corrected chi connectivity index (χ0v) is 11.3. The summed E-state index contributed by atoms with van der Waals surface area (Å²) in [4.78, 5) is 11.7. The van der Waals surface area contributed by atoms with Gasteiger partial charge in [0.2, 0.25) is 5.91 Å². The number of aromatic nitrogens is 3. The van der Waals surface area contributed by atoms with Crippen molar-refractivity contribution in [1.29, 1.82) is 0 Å². The Labute approximate surface area is 105 Å². The molecule has 1 aliphatic rings. The first-order chi connectivity index (χ1) is 8.08. The lowest BCUT2D eigenvalue weighted by molar-refractivity contribution is -0.119. The summed E-state index contributed by atoms with van der Waals surface area (Å²) in [6.07, 6.45) is 2.49. The quantitative estimate of drug-likeness (QED) is 0.800. The van der Waals surface area contributed by atoms with Crippen LogP contribution in [0.15, 0.2) is 5.16 Å². The third-order valence-electron chi connectivity index (χ3n) is 3.10. The molecule has 1 fully saturated rings. The molecule has 1 N–H and O–H groups in total. The van der Waals surface area contributed by atoms with Crippen LogP contribution in [0.3, 0.4) is 0 Å². The van der Waals surface area contributed by atoms with Gasteiger partial charge in [0.05, 0.1) is 5.75 Å². The van der Waals surface area contributed by atoms with Crippen LogP contribution < -0.4 is 5.32 Å². The zero-order valence-electron chi connectivity index (χ0n) is 10.4. The number of carbonyl (C=O) groups is 1. The normalized spacial score (nSPS) is 16.9. The van der Waals surface area contributed by atoms with Crippen molar-refractivity contribution in [2.75, 3.05) is 5.75 Å². The van der Waals surface area contributed by atoms with E-state index in [-0.39, 0.29) is 5.91 Å². The van der Waals surface area contributed by atoms with Crippen molar-refractivity contribution in [3.63, 3.8) is 0 Å². The topological polar surface area (TPSA) is 59.8 Å². The predicted molar refractivity (Wildman–Crippen MR) is 66.8 cm³/mol. The molecule has 0 saturated heterocycles. The van der Waals surface area contributed by atoms with Crippen molar-refractivity contribution >= 4 is 17.7 Å². The molecule has 0 aromatic carbocycles. The number of thioether (sulfide) groups is 1. The third kappa shape index (κ3) is 3.21. The lowest BCUT2D eigenvalue weighted by atomic mass is 10.2. The molecule has 1 atom stereocenters. The molecule has 1 aliphatic carbocycles. The van der Waals surface area contributed by atoms with Gasteiger partial charge in [-0.25, -0.2) is 0 Å². The van der Waals surface area contributed by atoms with Crippen molar-refractivity contribution in [2.24, 2.45) is 13.0 Å². The van der Waals surface area contributed by atoms with E-state index in [0.29, 0.717) is 17.7 Å². The van der Waals surface area contributed by atoms with Gasteiger partial charge in [0.1, 0.15) is 5.82 Å². The molecule has 94 valence electrons. The fourth-order valence-electron chi connectivity index (χ4n) is 1.65. The first-order valence-electron chi connectivity index (χ1n) is 5.86. The van der Waals surface area contributed by atoms with Crippen LogP contribution in [0.2, 0.25) is 0 Å². The second-order valence-corrected chi connectivity index (χ2v) is 5.51. The molecule has 1 aromatic heterocycles. The number of nitrogens with zero attached hydrogens (tertiary/aromatic N) is 3. The van der Waals surface area contributed by atoms with Gasteiger partial charge in [0.15, 0.2) is 5.16 Å². The average Bonchev–Trinajstić information content (AvgIpc) is 3.07. The summed E-state index contributed by atoms with van der Waals surface area (Å²) in [7, 11) is 1.91. The van der Waals surface area contributed by atoms with Crippen LogP contribution in [-0.4, -0.2) is 32.5 Å². The van der Waals surface area contributed by atoms with Crippen LogP contribution in [-0.2, 0) is 11.8 Å². The van der Waals surface area contributed by atoms with E-state index in [0.717, 1.165) is 11.0 Å². The molecule has 1 aromatic rings. The SMILES string of the molecule is Cc1nnc(SCC(=O)N[C@H](C)C2CC2)n1C. The first kappa shape index (κ1) is 12.4.